The number of aromatic nitrogens is 2. The molecule has 5 heteroatoms. The van der Waals surface area contributed by atoms with Crippen molar-refractivity contribution in [1.82, 2.24) is 15.0 Å². The normalized spacial score (nSPS) is 17.3. The largest absolute Gasteiger partial charge is 0.337 e. The first kappa shape index (κ1) is 16.5. The van der Waals surface area contributed by atoms with Crippen LogP contribution >= 0.6 is 0 Å². The number of piperidine rings is 1. The van der Waals surface area contributed by atoms with Crippen molar-refractivity contribution in [2.45, 2.75) is 32.2 Å². The quantitative estimate of drug-likeness (QED) is 0.704. The van der Waals surface area contributed by atoms with Gasteiger partial charge in [-0.2, -0.15) is 4.98 Å². The molecule has 1 aliphatic heterocycles. The summed E-state index contributed by atoms with van der Waals surface area (Å²) >= 11 is 0. The van der Waals surface area contributed by atoms with E-state index in [9.17, 15) is 4.79 Å². The van der Waals surface area contributed by atoms with Crippen molar-refractivity contribution in [3.63, 3.8) is 0 Å². The Bertz CT molecular complexity index is 904. The number of hydrogen-bond acceptors (Lipinski definition) is 4. The molecular formula is C21H21N3O2. The van der Waals surface area contributed by atoms with Crippen molar-refractivity contribution in [2.24, 2.45) is 0 Å². The number of carbonyl (C=O) groups is 1. The third kappa shape index (κ3) is 3.25. The summed E-state index contributed by atoms with van der Waals surface area (Å²) in [6.07, 6.45) is 2.88. The molecule has 5 nitrogen and oxygen atoms in total. The lowest BCUT2D eigenvalue weighted by Crippen LogP contribution is -2.38. The van der Waals surface area contributed by atoms with Gasteiger partial charge in [0.15, 0.2) is 0 Å². The third-order valence-electron chi connectivity index (χ3n) is 4.79. The molecule has 0 radical (unpaired) electrons. The lowest BCUT2D eigenvalue weighted by atomic mass is 10.0. The van der Waals surface area contributed by atoms with Gasteiger partial charge in [-0.15, -0.1) is 0 Å². The Balaban J connectivity index is 1.62. The molecule has 1 unspecified atom stereocenters. The third-order valence-corrected chi connectivity index (χ3v) is 4.79. The lowest BCUT2D eigenvalue weighted by Gasteiger charge is -2.33. The molecule has 1 fully saturated rings. The zero-order chi connectivity index (χ0) is 17.9. The van der Waals surface area contributed by atoms with E-state index in [-0.39, 0.29) is 11.9 Å². The van der Waals surface area contributed by atoms with Gasteiger partial charge in [0.25, 0.3) is 5.91 Å². The highest BCUT2D eigenvalue weighted by Crippen LogP contribution is 2.32. The second-order valence-electron chi connectivity index (χ2n) is 6.70. The fourth-order valence-electron chi connectivity index (χ4n) is 3.45. The van der Waals surface area contributed by atoms with E-state index in [4.69, 9.17) is 4.52 Å². The van der Waals surface area contributed by atoms with Crippen molar-refractivity contribution in [1.29, 1.82) is 0 Å². The van der Waals surface area contributed by atoms with Gasteiger partial charge in [0, 0.05) is 17.7 Å². The number of likely N-dealkylation sites (tertiary alicyclic amines) is 1. The summed E-state index contributed by atoms with van der Waals surface area (Å²) in [7, 11) is 0. The maximum atomic E-state index is 12.9. The van der Waals surface area contributed by atoms with E-state index >= 15 is 0 Å². The van der Waals surface area contributed by atoms with Gasteiger partial charge in [0.2, 0.25) is 11.7 Å². The predicted octanol–water partition coefficient (Wildman–Crippen LogP) is 4.41. The van der Waals surface area contributed by atoms with Crippen molar-refractivity contribution in [3.05, 3.63) is 71.6 Å². The highest BCUT2D eigenvalue weighted by molar-refractivity contribution is 5.94. The molecule has 2 heterocycles. The van der Waals surface area contributed by atoms with Crippen molar-refractivity contribution >= 4 is 5.91 Å². The minimum atomic E-state index is -0.164. The van der Waals surface area contributed by atoms with E-state index in [2.05, 4.69) is 10.1 Å². The van der Waals surface area contributed by atoms with Gasteiger partial charge in [-0.3, -0.25) is 4.79 Å². The summed E-state index contributed by atoms with van der Waals surface area (Å²) in [6.45, 7) is 2.74. The molecule has 2 aromatic carbocycles. The second kappa shape index (κ2) is 7.12. The van der Waals surface area contributed by atoms with Crippen LogP contribution in [0.3, 0.4) is 0 Å². The van der Waals surface area contributed by atoms with E-state index in [1.165, 1.54) is 0 Å². The van der Waals surface area contributed by atoms with Crippen molar-refractivity contribution in [3.8, 4) is 11.4 Å². The minimum absolute atomic E-state index is 0.0191. The Morgan fingerprint density at radius 3 is 2.77 bits per heavy atom. The number of amides is 1. The van der Waals surface area contributed by atoms with Gasteiger partial charge in [-0.05, 0) is 44.4 Å². The maximum Gasteiger partial charge on any atom is 0.254 e. The Morgan fingerprint density at radius 2 is 1.96 bits per heavy atom. The number of carbonyl (C=O) groups excluding carboxylic acids is 1. The Morgan fingerprint density at radius 1 is 1.12 bits per heavy atom. The van der Waals surface area contributed by atoms with Crippen LogP contribution in [0.4, 0.5) is 0 Å². The summed E-state index contributed by atoms with van der Waals surface area (Å²) in [5.41, 5.74) is 2.77. The SMILES string of the molecule is Cc1cccc(-c2noc(C3CCCCN3C(=O)c3ccccc3)n2)c1. The van der Waals surface area contributed by atoms with Gasteiger partial charge in [0.1, 0.15) is 6.04 Å². The molecular weight excluding hydrogens is 326 g/mol. The number of rotatable bonds is 3. The highest BCUT2D eigenvalue weighted by atomic mass is 16.5. The summed E-state index contributed by atoms with van der Waals surface area (Å²) < 4.78 is 5.56. The lowest BCUT2D eigenvalue weighted by molar-refractivity contribution is 0.0561. The van der Waals surface area contributed by atoms with E-state index in [0.29, 0.717) is 23.8 Å². The molecule has 0 spiro atoms. The van der Waals surface area contributed by atoms with Gasteiger partial charge in [-0.25, -0.2) is 0 Å². The molecule has 0 aliphatic carbocycles. The summed E-state index contributed by atoms with van der Waals surface area (Å²) in [4.78, 5) is 19.4. The number of nitrogens with zero attached hydrogens (tertiary/aromatic N) is 3. The zero-order valence-electron chi connectivity index (χ0n) is 14.8. The molecule has 0 saturated carbocycles. The fourth-order valence-corrected chi connectivity index (χ4v) is 3.45. The van der Waals surface area contributed by atoms with Crippen LogP contribution in [-0.2, 0) is 0 Å². The van der Waals surface area contributed by atoms with Crippen molar-refractivity contribution < 1.29 is 9.32 Å². The van der Waals surface area contributed by atoms with Crippen LogP contribution in [0, 0.1) is 6.92 Å². The van der Waals surface area contributed by atoms with E-state index < -0.39 is 0 Å². The summed E-state index contributed by atoms with van der Waals surface area (Å²) in [5, 5.41) is 4.15. The first-order chi connectivity index (χ1) is 12.7. The Kier molecular flexibility index (Phi) is 4.52. The van der Waals surface area contributed by atoms with Gasteiger partial charge in [-0.1, -0.05) is 47.1 Å². The fraction of sp³-hybridized carbons (Fsp3) is 0.286. The Labute approximate surface area is 152 Å². The molecule has 1 atom stereocenters. The highest BCUT2D eigenvalue weighted by Gasteiger charge is 2.32. The molecule has 4 rings (SSSR count). The number of benzene rings is 2. The average molecular weight is 347 g/mol. The van der Waals surface area contributed by atoms with Crippen LogP contribution in [0.15, 0.2) is 59.1 Å². The summed E-state index contributed by atoms with van der Waals surface area (Å²) in [6, 6.07) is 17.2. The van der Waals surface area contributed by atoms with Crippen LogP contribution in [0.5, 0.6) is 0 Å². The second-order valence-corrected chi connectivity index (χ2v) is 6.70. The molecule has 3 aromatic rings. The van der Waals surface area contributed by atoms with Crippen molar-refractivity contribution in [2.75, 3.05) is 6.54 Å². The first-order valence-electron chi connectivity index (χ1n) is 8.99. The Hall–Kier alpha value is -2.95. The van der Waals surface area contributed by atoms with Crippen LogP contribution in [0.1, 0.15) is 47.1 Å². The molecule has 1 aliphatic rings. The molecule has 132 valence electrons. The average Bonchev–Trinajstić information content (AvgIpc) is 3.18. The molecule has 0 N–H and O–H groups in total. The molecule has 26 heavy (non-hydrogen) atoms. The molecule has 1 amide bonds. The number of aryl methyl sites for hydroxylation is 1. The van der Waals surface area contributed by atoms with Crippen LogP contribution in [0.2, 0.25) is 0 Å². The predicted molar refractivity (Wildman–Crippen MR) is 98.5 cm³/mol. The van der Waals surface area contributed by atoms with Gasteiger partial charge < -0.3 is 9.42 Å². The smallest absolute Gasteiger partial charge is 0.254 e. The van der Waals surface area contributed by atoms with E-state index in [0.717, 1.165) is 30.4 Å². The standard InChI is InChI=1S/C21H21N3O2/c1-15-8-7-11-17(14-15)19-22-20(26-23-19)18-12-5-6-13-24(18)21(25)16-9-3-2-4-10-16/h2-4,7-11,14,18H,5-6,12-13H2,1H3. The van der Waals surface area contributed by atoms with E-state index in [1.807, 2.05) is 66.4 Å². The molecule has 1 saturated heterocycles. The van der Waals surface area contributed by atoms with E-state index in [1.54, 1.807) is 0 Å². The molecule has 1 aromatic heterocycles. The zero-order valence-corrected chi connectivity index (χ0v) is 14.8. The summed E-state index contributed by atoms with van der Waals surface area (Å²) in [5.74, 6) is 1.11. The monoisotopic (exact) mass is 347 g/mol. The topological polar surface area (TPSA) is 59.2 Å². The first-order valence-corrected chi connectivity index (χ1v) is 8.99. The van der Waals surface area contributed by atoms with Gasteiger partial charge >= 0.3 is 0 Å². The maximum absolute atomic E-state index is 12.9. The van der Waals surface area contributed by atoms with Gasteiger partial charge in [0.05, 0.1) is 0 Å². The minimum Gasteiger partial charge on any atom is -0.337 e. The molecule has 0 bridgehead atoms. The van der Waals surface area contributed by atoms with Crippen LogP contribution in [0.25, 0.3) is 11.4 Å². The van der Waals surface area contributed by atoms with Crippen LogP contribution in [-0.4, -0.2) is 27.5 Å². The number of hydrogen-bond donors (Lipinski definition) is 0. The van der Waals surface area contributed by atoms with Crippen LogP contribution < -0.4 is 0 Å².